The number of hydrogen-bond donors (Lipinski definition) is 0. The Morgan fingerprint density at radius 1 is 0.927 bits per heavy atom. The molecule has 0 saturated heterocycles. The largest absolute Gasteiger partial charge is 0.431 e. The highest BCUT2D eigenvalue weighted by atomic mass is 19.1. The number of nitriles is 2. The summed E-state index contributed by atoms with van der Waals surface area (Å²) in [6, 6.07) is 10.3. The molecule has 2 aliphatic carbocycles. The van der Waals surface area contributed by atoms with Crippen molar-refractivity contribution in [3.63, 3.8) is 0 Å². The molecule has 2 aliphatic rings. The fraction of sp³-hybridized carbons (Fsp3) is 0.273. The lowest BCUT2D eigenvalue weighted by molar-refractivity contribution is -0.140. The summed E-state index contributed by atoms with van der Waals surface area (Å²) in [5.74, 6) is -2.08. The summed E-state index contributed by atoms with van der Waals surface area (Å²) < 4.78 is 39.5. The van der Waals surface area contributed by atoms with Gasteiger partial charge in [0.25, 0.3) is 0 Å². The quantitative estimate of drug-likeness (QED) is 0.112. The van der Waals surface area contributed by atoms with E-state index in [9.17, 15) is 18.4 Å². The molecule has 0 fully saturated rings. The predicted octanol–water partition coefficient (Wildman–Crippen LogP) is 8.05. The van der Waals surface area contributed by atoms with E-state index in [4.69, 9.17) is 20.0 Å². The first-order valence-electron chi connectivity index (χ1n) is 13.3. The van der Waals surface area contributed by atoms with E-state index in [0.717, 1.165) is 11.6 Å². The van der Waals surface area contributed by atoms with Crippen LogP contribution in [0.4, 0.5) is 8.78 Å². The van der Waals surface area contributed by atoms with Gasteiger partial charge in [0.05, 0.1) is 17.7 Å². The monoisotopic (exact) mass is 556 g/mol. The molecular weight excluding hydrogens is 526 g/mol. The van der Waals surface area contributed by atoms with E-state index >= 15 is 0 Å². The van der Waals surface area contributed by atoms with Crippen molar-refractivity contribution in [2.24, 2.45) is 0 Å². The number of carbonyl (C=O) groups excluding carboxylic acids is 2. The molecule has 0 spiro atoms. The minimum absolute atomic E-state index is 0.0604. The third kappa shape index (κ3) is 9.40. The Morgan fingerprint density at radius 2 is 1.63 bits per heavy atom. The molecular formula is C33H30F2N2O4. The Labute approximate surface area is 238 Å². The molecule has 8 heteroatoms. The highest BCUT2D eigenvalue weighted by Crippen LogP contribution is 2.34. The van der Waals surface area contributed by atoms with E-state index in [0.29, 0.717) is 67.2 Å². The molecule has 6 nitrogen and oxygen atoms in total. The lowest BCUT2D eigenvalue weighted by Gasteiger charge is -2.20. The molecule has 0 N–H and O–H groups in total. The zero-order valence-electron chi connectivity index (χ0n) is 22.7. The first-order valence-corrected chi connectivity index (χ1v) is 13.3. The molecule has 0 aromatic heterocycles. The van der Waals surface area contributed by atoms with E-state index in [1.165, 1.54) is 6.08 Å². The molecule has 0 bridgehead atoms. The van der Waals surface area contributed by atoms with E-state index in [1.54, 1.807) is 36.4 Å². The van der Waals surface area contributed by atoms with E-state index < -0.39 is 23.6 Å². The van der Waals surface area contributed by atoms with Gasteiger partial charge in [-0.1, -0.05) is 37.8 Å². The lowest BCUT2D eigenvalue weighted by Crippen LogP contribution is -2.09. The molecule has 0 heterocycles. The van der Waals surface area contributed by atoms with Crippen LogP contribution in [0.5, 0.6) is 0 Å². The van der Waals surface area contributed by atoms with Crippen molar-refractivity contribution in [1.82, 2.24) is 0 Å². The average Bonchev–Trinajstić information content (AvgIpc) is 2.96. The molecule has 41 heavy (non-hydrogen) atoms. The second kappa shape index (κ2) is 15.1. The number of hydrogen-bond acceptors (Lipinski definition) is 6. The van der Waals surface area contributed by atoms with Crippen molar-refractivity contribution in [2.75, 3.05) is 0 Å². The Kier molecular flexibility index (Phi) is 11.3. The van der Waals surface area contributed by atoms with Crippen molar-refractivity contribution in [2.45, 2.75) is 57.8 Å². The molecule has 3 rings (SSSR count). The van der Waals surface area contributed by atoms with E-state index in [2.05, 4.69) is 19.2 Å². The Morgan fingerprint density at radius 3 is 2.24 bits per heavy atom. The topological polar surface area (TPSA) is 100 Å². The van der Waals surface area contributed by atoms with E-state index in [1.807, 2.05) is 6.07 Å². The fourth-order valence-electron chi connectivity index (χ4n) is 4.30. The molecule has 0 unspecified atom stereocenters. The van der Waals surface area contributed by atoms with Crippen molar-refractivity contribution >= 4 is 17.5 Å². The number of rotatable bonds is 12. The Bertz CT molecular complexity index is 1460. The van der Waals surface area contributed by atoms with Crippen LogP contribution in [0.25, 0.3) is 5.57 Å². The molecule has 0 saturated carbocycles. The third-order valence-electron chi connectivity index (χ3n) is 6.57. The summed E-state index contributed by atoms with van der Waals surface area (Å²) in [6.45, 7) is 7.23. The smallest absolute Gasteiger partial charge is 0.311 e. The minimum Gasteiger partial charge on any atom is -0.431 e. The predicted molar refractivity (Wildman–Crippen MR) is 150 cm³/mol. The number of allylic oxidation sites excluding steroid dienone is 11. The van der Waals surface area contributed by atoms with Crippen molar-refractivity contribution in [3.05, 3.63) is 113 Å². The molecule has 1 aromatic rings. The van der Waals surface area contributed by atoms with Gasteiger partial charge in [0.15, 0.2) is 0 Å². The van der Waals surface area contributed by atoms with Gasteiger partial charge in [-0.25, -0.2) is 8.78 Å². The van der Waals surface area contributed by atoms with Crippen LogP contribution >= 0.6 is 0 Å². The fourth-order valence-corrected chi connectivity index (χ4v) is 4.30. The highest BCUT2D eigenvalue weighted by Gasteiger charge is 2.21. The number of carbonyl (C=O) groups is 2. The maximum Gasteiger partial charge on any atom is 0.311 e. The van der Waals surface area contributed by atoms with Crippen LogP contribution in [0.3, 0.4) is 0 Å². The standard InChI is InChI=1S/C33H30F2N2O4/c1-22(18-30(34)23(2)26-12-8-24(20-36)9-13-26)40-32(38)6-4-3-5-7-33(39)41-28-16-17-29(31(35)19-28)27-14-10-25(21-37)11-15-27/h8-10,12-14,18-19H,1-7,11,15-17H2/b30-18+. The highest BCUT2D eigenvalue weighted by molar-refractivity contribution is 5.76. The van der Waals surface area contributed by atoms with Crippen molar-refractivity contribution in [1.29, 1.82) is 10.5 Å². The van der Waals surface area contributed by atoms with Gasteiger partial charge in [-0.3, -0.25) is 9.59 Å². The second-order valence-electron chi connectivity index (χ2n) is 9.57. The molecule has 0 atom stereocenters. The number of nitrogens with zero attached hydrogens (tertiary/aromatic N) is 2. The SMILES string of the molecule is C=C(/C=C(/F)C(=C)c1ccc(C#N)cc1)OC(=O)CCCCCC(=O)OC1=CC(F)=C(C2=CC=C(C#N)CC2)CC1. The number of benzene rings is 1. The Hall–Kier alpha value is -4.82. The van der Waals surface area contributed by atoms with Crippen LogP contribution in [0, 0.1) is 22.7 Å². The van der Waals surface area contributed by atoms with Gasteiger partial charge in [0.1, 0.15) is 23.2 Å². The molecule has 0 amide bonds. The molecule has 0 aliphatic heterocycles. The van der Waals surface area contributed by atoms with Gasteiger partial charge >= 0.3 is 11.9 Å². The van der Waals surface area contributed by atoms with Crippen LogP contribution in [0.1, 0.15) is 68.9 Å². The maximum absolute atomic E-state index is 14.6. The van der Waals surface area contributed by atoms with Crippen molar-refractivity contribution in [3.8, 4) is 12.1 Å². The lowest BCUT2D eigenvalue weighted by atomic mass is 9.88. The summed E-state index contributed by atoms with van der Waals surface area (Å²) in [7, 11) is 0. The van der Waals surface area contributed by atoms with Gasteiger partial charge in [-0.2, -0.15) is 10.5 Å². The number of ether oxygens (including phenoxy) is 2. The van der Waals surface area contributed by atoms with Crippen LogP contribution < -0.4 is 0 Å². The zero-order valence-corrected chi connectivity index (χ0v) is 22.7. The third-order valence-corrected chi connectivity index (χ3v) is 6.57. The molecule has 1 aromatic carbocycles. The normalized spacial score (nSPS) is 15.0. The molecule has 210 valence electrons. The first kappa shape index (κ1) is 30.7. The zero-order chi connectivity index (χ0) is 29.8. The van der Waals surface area contributed by atoms with Gasteiger partial charge < -0.3 is 9.47 Å². The maximum atomic E-state index is 14.6. The summed E-state index contributed by atoms with van der Waals surface area (Å²) in [4.78, 5) is 24.2. The van der Waals surface area contributed by atoms with Gasteiger partial charge in [-0.15, -0.1) is 0 Å². The number of unbranched alkanes of at least 4 members (excludes halogenated alkanes) is 2. The van der Waals surface area contributed by atoms with Gasteiger partial charge in [0, 0.05) is 42.6 Å². The van der Waals surface area contributed by atoms with Crippen molar-refractivity contribution < 1.29 is 27.8 Å². The average molecular weight is 557 g/mol. The minimum atomic E-state index is -0.719. The Balaban J connectivity index is 1.35. The van der Waals surface area contributed by atoms with Gasteiger partial charge in [0.2, 0.25) is 0 Å². The summed E-state index contributed by atoms with van der Waals surface area (Å²) >= 11 is 0. The van der Waals surface area contributed by atoms with E-state index in [-0.39, 0.29) is 29.9 Å². The van der Waals surface area contributed by atoms with Gasteiger partial charge in [-0.05, 0) is 67.0 Å². The summed E-state index contributed by atoms with van der Waals surface area (Å²) in [5.41, 5.74) is 3.10. The van der Waals surface area contributed by atoms with Crippen LogP contribution in [0.15, 0.2) is 102 Å². The molecule has 0 radical (unpaired) electrons. The number of esters is 2. The second-order valence-corrected chi connectivity index (χ2v) is 9.57. The number of halogens is 2. The van der Waals surface area contributed by atoms with Crippen LogP contribution in [-0.2, 0) is 19.1 Å². The summed E-state index contributed by atoms with van der Waals surface area (Å²) in [6.07, 6.45) is 9.40. The first-order chi connectivity index (χ1) is 19.7. The van der Waals surface area contributed by atoms with Crippen LogP contribution in [-0.4, -0.2) is 11.9 Å². The summed E-state index contributed by atoms with van der Waals surface area (Å²) in [5, 5.41) is 17.8. The van der Waals surface area contributed by atoms with Crippen LogP contribution in [0.2, 0.25) is 0 Å².